The van der Waals surface area contributed by atoms with Crippen LogP contribution in [0.15, 0.2) is 22.9 Å². The Kier molecular flexibility index (Phi) is 3.58. The molecule has 0 spiro atoms. The summed E-state index contributed by atoms with van der Waals surface area (Å²) in [5.41, 5.74) is 2.65. The fourth-order valence-electron chi connectivity index (χ4n) is 3.52. The van der Waals surface area contributed by atoms with Gasteiger partial charge in [0.15, 0.2) is 0 Å². The van der Waals surface area contributed by atoms with Crippen molar-refractivity contribution >= 4 is 5.82 Å². The number of fused-ring (bicyclic) bond motifs is 1. The van der Waals surface area contributed by atoms with Crippen molar-refractivity contribution in [2.24, 2.45) is 0 Å². The van der Waals surface area contributed by atoms with Crippen LogP contribution in [0.2, 0.25) is 0 Å². The average Bonchev–Trinajstić information content (AvgIpc) is 3.16. The van der Waals surface area contributed by atoms with E-state index in [2.05, 4.69) is 25.8 Å². The number of rotatable bonds is 3. The van der Waals surface area contributed by atoms with Crippen LogP contribution in [0.4, 0.5) is 5.82 Å². The van der Waals surface area contributed by atoms with Crippen LogP contribution < -0.4 is 4.90 Å². The van der Waals surface area contributed by atoms with E-state index in [1.54, 1.807) is 6.33 Å². The van der Waals surface area contributed by atoms with Gasteiger partial charge < -0.3 is 9.32 Å². The minimum atomic E-state index is 0.906. The summed E-state index contributed by atoms with van der Waals surface area (Å²) in [5.74, 6) is 3.23. The Morgan fingerprint density at radius 2 is 1.95 bits per heavy atom. The first kappa shape index (κ1) is 13.8. The van der Waals surface area contributed by atoms with Gasteiger partial charge in [-0.3, -0.25) is 4.90 Å². The molecular weight excluding hydrogens is 276 g/mol. The molecule has 22 heavy (non-hydrogen) atoms. The third-order valence-electron chi connectivity index (χ3n) is 4.70. The van der Waals surface area contributed by atoms with E-state index in [0.29, 0.717) is 0 Å². The standard InChI is InChI=1S/C17H22N4O/c1-13-5-6-14(22-13)11-20-7-9-21(10-8-20)17-15-3-2-4-16(15)18-12-19-17/h5-6,12H,2-4,7-11H2,1H3. The van der Waals surface area contributed by atoms with Gasteiger partial charge in [0.25, 0.3) is 0 Å². The fourth-order valence-corrected chi connectivity index (χ4v) is 3.52. The molecule has 116 valence electrons. The number of nitrogens with zero attached hydrogens (tertiary/aromatic N) is 4. The van der Waals surface area contributed by atoms with Crippen LogP contribution in [0.25, 0.3) is 0 Å². The van der Waals surface area contributed by atoms with Crippen molar-refractivity contribution in [1.29, 1.82) is 0 Å². The molecule has 1 fully saturated rings. The second kappa shape index (κ2) is 5.72. The number of piperazine rings is 1. The van der Waals surface area contributed by atoms with E-state index >= 15 is 0 Å². The SMILES string of the molecule is Cc1ccc(CN2CCN(c3ncnc4c3CCC4)CC2)o1. The first-order chi connectivity index (χ1) is 10.8. The van der Waals surface area contributed by atoms with Crippen LogP contribution in [0.5, 0.6) is 0 Å². The average molecular weight is 298 g/mol. The molecule has 1 aliphatic carbocycles. The smallest absolute Gasteiger partial charge is 0.135 e. The van der Waals surface area contributed by atoms with Crippen molar-refractivity contribution in [2.75, 3.05) is 31.1 Å². The molecule has 0 amide bonds. The van der Waals surface area contributed by atoms with Crippen molar-refractivity contribution in [1.82, 2.24) is 14.9 Å². The van der Waals surface area contributed by atoms with Gasteiger partial charge in [0.05, 0.1) is 6.54 Å². The summed E-state index contributed by atoms with van der Waals surface area (Å²) in [6.07, 6.45) is 5.20. The van der Waals surface area contributed by atoms with Gasteiger partial charge in [0, 0.05) is 37.4 Å². The minimum Gasteiger partial charge on any atom is -0.465 e. The predicted octanol–water partition coefficient (Wildman–Crippen LogP) is 2.19. The number of aromatic nitrogens is 2. The summed E-state index contributed by atoms with van der Waals surface area (Å²) < 4.78 is 5.68. The van der Waals surface area contributed by atoms with E-state index in [-0.39, 0.29) is 0 Å². The van der Waals surface area contributed by atoms with Crippen LogP contribution in [-0.2, 0) is 19.4 Å². The van der Waals surface area contributed by atoms with E-state index in [1.165, 1.54) is 23.5 Å². The normalized spacial score (nSPS) is 18.7. The summed E-state index contributed by atoms with van der Waals surface area (Å²) in [7, 11) is 0. The van der Waals surface area contributed by atoms with E-state index in [1.807, 2.05) is 13.0 Å². The molecule has 0 aromatic carbocycles. The van der Waals surface area contributed by atoms with Gasteiger partial charge in [-0.1, -0.05) is 0 Å². The second-order valence-electron chi connectivity index (χ2n) is 6.25. The highest BCUT2D eigenvalue weighted by Gasteiger charge is 2.24. The Labute approximate surface area is 131 Å². The van der Waals surface area contributed by atoms with Crippen molar-refractivity contribution < 1.29 is 4.42 Å². The van der Waals surface area contributed by atoms with Crippen LogP contribution in [0.1, 0.15) is 29.2 Å². The Morgan fingerprint density at radius 1 is 1.09 bits per heavy atom. The molecule has 0 bridgehead atoms. The van der Waals surface area contributed by atoms with E-state index in [0.717, 1.165) is 57.1 Å². The quantitative estimate of drug-likeness (QED) is 0.869. The highest BCUT2D eigenvalue weighted by molar-refractivity contribution is 5.50. The fraction of sp³-hybridized carbons (Fsp3) is 0.529. The minimum absolute atomic E-state index is 0.906. The first-order valence-corrected chi connectivity index (χ1v) is 8.15. The van der Waals surface area contributed by atoms with Crippen molar-refractivity contribution in [3.8, 4) is 0 Å². The third-order valence-corrected chi connectivity index (χ3v) is 4.70. The number of hydrogen-bond donors (Lipinski definition) is 0. The van der Waals surface area contributed by atoms with Gasteiger partial charge in [-0.25, -0.2) is 9.97 Å². The molecule has 1 saturated heterocycles. The zero-order valence-corrected chi connectivity index (χ0v) is 13.1. The third kappa shape index (κ3) is 2.61. The topological polar surface area (TPSA) is 45.4 Å². The molecule has 2 aliphatic rings. The van der Waals surface area contributed by atoms with Gasteiger partial charge >= 0.3 is 0 Å². The first-order valence-electron chi connectivity index (χ1n) is 8.15. The predicted molar refractivity (Wildman–Crippen MR) is 85.0 cm³/mol. The number of aryl methyl sites for hydroxylation is 2. The molecule has 2 aromatic heterocycles. The molecule has 0 saturated carbocycles. The van der Waals surface area contributed by atoms with Gasteiger partial charge in [0.1, 0.15) is 23.7 Å². The summed E-state index contributed by atoms with van der Waals surface area (Å²) in [6.45, 7) is 7.07. The lowest BCUT2D eigenvalue weighted by atomic mass is 10.2. The van der Waals surface area contributed by atoms with E-state index < -0.39 is 0 Å². The van der Waals surface area contributed by atoms with Crippen LogP contribution in [-0.4, -0.2) is 41.0 Å². The maximum absolute atomic E-state index is 5.68. The van der Waals surface area contributed by atoms with Crippen molar-refractivity contribution in [3.63, 3.8) is 0 Å². The monoisotopic (exact) mass is 298 g/mol. The molecule has 5 heteroatoms. The lowest BCUT2D eigenvalue weighted by Gasteiger charge is -2.35. The van der Waals surface area contributed by atoms with Gasteiger partial charge in [-0.15, -0.1) is 0 Å². The molecule has 0 unspecified atom stereocenters. The van der Waals surface area contributed by atoms with E-state index in [4.69, 9.17) is 4.42 Å². The number of anilines is 1. The van der Waals surface area contributed by atoms with Crippen LogP contribution in [0, 0.1) is 6.92 Å². The van der Waals surface area contributed by atoms with Crippen molar-refractivity contribution in [3.05, 3.63) is 41.2 Å². The van der Waals surface area contributed by atoms with Crippen LogP contribution in [0.3, 0.4) is 0 Å². The Hall–Kier alpha value is -1.88. The number of hydrogen-bond acceptors (Lipinski definition) is 5. The highest BCUT2D eigenvalue weighted by atomic mass is 16.3. The molecule has 3 heterocycles. The maximum atomic E-state index is 5.68. The molecule has 0 N–H and O–H groups in total. The number of furan rings is 1. The van der Waals surface area contributed by atoms with Gasteiger partial charge in [-0.05, 0) is 38.3 Å². The van der Waals surface area contributed by atoms with Crippen LogP contribution >= 0.6 is 0 Å². The molecule has 0 atom stereocenters. The highest BCUT2D eigenvalue weighted by Crippen LogP contribution is 2.28. The summed E-state index contributed by atoms with van der Waals surface area (Å²) in [5, 5.41) is 0. The summed E-state index contributed by atoms with van der Waals surface area (Å²) in [6, 6.07) is 4.12. The molecule has 2 aromatic rings. The van der Waals surface area contributed by atoms with Gasteiger partial charge in [0.2, 0.25) is 0 Å². The van der Waals surface area contributed by atoms with Crippen molar-refractivity contribution in [2.45, 2.75) is 32.7 Å². The Morgan fingerprint density at radius 3 is 2.73 bits per heavy atom. The summed E-state index contributed by atoms with van der Waals surface area (Å²) >= 11 is 0. The maximum Gasteiger partial charge on any atom is 0.135 e. The summed E-state index contributed by atoms with van der Waals surface area (Å²) in [4.78, 5) is 13.9. The molecule has 5 nitrogen and oxygen atoms in total. The molecular formula is C17H22N4O. The molecule has 0 radical (unpaired) electrons. The lowest BCUT2D eigenvalue weighted by Crippen LogP contribution is -2.46. The van der Waals surface area contributed by atoms with Gasteiger partial charge in [-0.2, -0.15) is 0 Å². The van der Waals surface area contributed by atoms with E-state index in [9.17, 15) is 0 Å². The zero-order chi connectivity index (χ0) is 14.9. The molecule has 4 rings (SSSR count). The Balaban J connectivity index is 1.41. The Bertz CT molecular complexity index is 658. The molecule has 1 aliphatic heterocycles. The zero-order valence-electron chi connectivity index (χ0n) is 13.1. The lowest BCUT2D eigenvalue weighted by molar-refractivity contribution is 0.228. The largest absolute Gasteiger partial charge is 0.465 e. The second-order valence-corrected chi connectivity index (χ2v) is 6.25.